The summed E-state index contributed by atoms with van der Waals surface area (Å²) in [4.78, 5) is 30.8. The van der Waals surface area contributed by atoms with Crippen LogP contribution in [-0.2, 0) is 0 Å². The van der Waals surface area contributed by atoms with Crippen molar-refractivity contribution in [2.45, 2.75) is 18.9 Å². The number of amides is 1. The maximum atomic E-state index is 12.8. The van der Waals surface area contributed by atoms with Gasteiger partial charge in [-0.15, -0.1) is 22.7 Å². The van der Waals surface area contributed by atoms with Crippen molar-refractivity contribution in [2.75, 3.05) is 28.6 Å². The van der Waals surface area contributed by atoms with Crippen LogP contribution in [0.2, 0.25) is 0 Å². The van der Waals surface area contributed by atoms with Gasteiger partial charge in [-0.1, -0.05) is 12.1 Å². The van der Waals surface area contributed by atoms with Crippen LogP contribution < -0.4 is 21.3 Å². The Morgan fingerprint density at radius 2 is 1.90 bits per heavy atom. The van der Waals surface area contributed by atoms with Crippen LogP contribution in [-0.4, -0.2) is 41.1 Å². The van der Waals surface area contributed by atoms with Crippen molar-refractivity contribution in [1.82, 2.24) is 4.98 Å². The van der Waals surface area contributed by atoms with Crippen molar-refractivity contribution in [2.24, 2.45) is 5.73 Å². The largest absolute Gasteiger partial charge is 0.477 e. The molecule has 5 N–H and O–H groups in total. The van der Waals surface area contributed by atoms with E-state index >= 15 is 0 Å². The lowest BCUT2D eigenvalue weighted by atomic mass is 10.0. The molecule has 30 heavy (non-hydrogen) atoms. The zero-order chi connectivity index (χ0) is 21.1. The van der Waals surface area contributed by atoms with Crippen LogP contribution in [0.4, 0.5) is 22.2 Å². The molecule has 0 unspecified atom stereocenters. The molecule has 3 aromatic rings. The fourth-order valence-corrected chi connectivity index (χ4v) is 4.70. The molecule has 0 spiro atoms. The van der Waals surface area contributed by atoms with Gasteiger partial charge in [0.2, 0.25) is 0 Å². The average Bonchev–Trinajstić information content (AvgIpc) is 3.39. The fourth-order valence-electron chi connectivity index (χ4n) is 3.31. The van der Waals surface area contributed by atoms with E-state index in [1.165, 1.54) is 11.3 Å². The summed E-state index contributed by atoms with van der Waals surface area (Å²) >= 11 is 2.37. The van der Waals surface area contributed by atoms with Crippen LogP contribution in [0, 0.1) is 0 Å². The van der Waals surface area contributed by atoms with Gasteiger partial charge in [-0.2, -0.15) is 0 Å². The molecule has 1 fully saturated rings. The van der Waals surface area contributed by atoms with Gasteiger partial charge in [0.1, 0.15) is 10.6 Å². The zero-order valence-electron chi connectivity index (χ0n) is 16.0. The van der Waals surface area contributed by atoms with Crippen molar-refractivity contribution in [3.63, 3.8) is 0 Å². The minimum absolute atomic E-state index is 0.200. The standard InChI is InChI=1S/C20H21N5O3S2/c21-12-5-8-25(9-6-12)16-4-2-1-3-13(16)22-18(26)15-11-30-20(24-15)23-14-7-10-29-17(14)19(27)28/h1-4,7,10-12H,5-6,8-9,21H2,(H,22,26)(H,23,24)(H,27,28). The van der Waals surface area contributed by atoms with Crippen molar-refractivity contribution in [3.8, 4) is 0 Å². The summed E-state index contributed by atoms with van der Waals surface area (Å²) in [6.45, 7) is 1.71. The molecule has 2 aromatic heterocycles. The van der Waals surface area contributed by atoms with Gasteiger partial charge in [-0.25, -0.2) is 9.78 Å². The molecule has 10 heteroatoms. The van der Waals surface area contributed by atoms with E-state index in [2.05, 4.69) is 20.5 Å². The lowest BCUT2D eigenvalue weighted by molar-refractivity contribution is 0.0703. The molecule has 1 aromatic carbocycles. The maximum Gasteiger partial charge on any atom is 0.348 e. The number of hydrogen-bond acceptors (Lipinski definition) is 8. The monoisotopic (exact) mass is 443 g/mol. The number of aromatic carboxylic acids is 1. The Kier molecular flexibility index (Phi) is 5.98. The smallest absolute Gasteiger partial charge is 0.348 e. The molecule has 0 saturated carbocycles. The number of anilines is 4. The molecular weight excluding hydrogens is 422 g/mol. The molecule has 0 atom stereocenters. The zero-order valence-corrected chi connectivity index (χ0v) is 17.6. The Morgan fingerprint density at radius 1 is 1.13 bits per heavy atom. The minimum Gasteiger partial charge on any atom is -0.477 e. The van der Waals surface area contributed by atoms with Crippen LogP contribution >= 0.6 is 22.7 Å². The van der Waals surface area contributed by atoms with Crippen molar-refractivity contribution in [1.29, 1.82) is 0 Å². The number of para-hydroxylation sites is 2. The SMILES string of the molecule is NC1CCN(c2ccccc2NC(=O)c2csc(Nc3ccsc3C(=O)O)n2)CC1. The Balaban J connectivity index is 1.46. The van der Waals surface area contributed by atoms with E-state index in [-0.39, 0.29) is 22.5 Å². The second-order valence-corrected chi connectivity index (χ2v) is 8.70. The van der Waals surface area contributed by atoms with Gasteiger partial charge < -0.3 is 26.4 Å². The van der Waals surface area contributed by atoms with Crippen LogP contribution in [0.25, 0.3) is 0 Å². The number of thiazole rings is 1. The normalized spacial score (nSPS) is 14.5. The van der Waals surface area contributed by atoms with E-state index in [4.69, 9.17) is 5.73 Å². The minimum atomic E-state index is -1.00. The number of thiophene rings is 1. The van der Waals surface area contributed by atoms with Gasteiger partial charge in [-0.3, -0.25) is 4.79 Å². The number of carboxylic acids is 1. The predicted octanol–water partition coefficient (Wildman–Crippen LogP) is 3.83. The Hall–Kier alpha value is -2.95. The van der Waals surface area contributed by atoms with Gasteiger partial charge in [0.15, 0.2) is 5.13 Å². The Labute approximate surface area is 181 Å². The lowest BCUT2D eigenvalue weighted by Gasteiger charge is -2.33. The maximum absolute atomic E-state index is 12.8. The number of nitrogens with one attached hydrogen (secondary N) is 2. The number of rotatable bonds is 6. The van der Waals surface area contributed by atoms with E-state index < -0.39 is 5.97 Å². The fraction of sp³-hybridized carbons (Fsp3) is 0.250. The summed E-state index contributed by atoms with van der Waals surface area (Å²) in [5.41, 5.74) is 8.43. The van der Waals surface area contributed by atoms with Crippen LogP contribution in [0.15, 0.2) is 41.1 Å². The van der Waals surface area contributed by atoms with Crippen molar-refractivity contribution < 1.29 is 14.7 Å². The summed E-state index contributed by atoms with van der Waals surface area (Å²) in [5, 5.41) is 18.9. The molecule has 8 nitrogen and oxygen atoms in total. The molecule has 1 aliphatic heterocycles. The molecule has 1 aliphatic rings. The van der Waals surface area contributed by atoms with Gasteiger partial charge in [0.05, 0.1) is 17.1 Å². The number of nitrogens with zero attached hydrogens (tertiary/aromatic N) is 2. The molecule has 0 bridgehead atoms. The number of carbonyl (C=O) groups excluding carboxylic acids is 1. The highest BCUT2D eigenvalue weighted by Crippen LogP contribution is 2.30. The number of aromatic nitrogens is 1. The summed E-state index contributed by atoms with van der Waals surface area (Å²) in [7, 11) is 0. The number of benzene rings is 1. The molecule has 0 radical (unpaired) electrons. The molecule has 0 aliphatic carbocycles. The van der Waals surface area contributed by atoms with Gasteiger partial charge >= 0.3 is 5.97 Å². The second kappa shape index (κ2) is 8.82. The highest BCUT2D eigenvalue weighted by molar-refractivity contribution is 7.14. The van der Waals surface area contributed by atoms with Gasteiger partial charge in [0.25, 0.3) is 5.91 Å². The Morgan fingerprint density at radius 3 is 2.67 bits per heavy atom. The number of carboxylic acid groups (broad SMARTS) is 1. The first-order chi connectivity index (χ1) is 14.5. The van der Waals surface area contributed by atoms with Crippen LogP contribution in [0.3, 0.4) is 0 Å². The number of nitrogens with two attached hydrogens (primary N) is 1. The summed E-state index contributed by atoms with van der Waals surface area (Å²) < 4.78 is 0. The summed E-state index contributed by atoms with van der Waals surface area (Å²) in [6, 6.07) is 9.60. The van der Waals surface area contributed by atoms with Gasteiger partial charge in [-0.05, 0) is 36.4 Å². The van der Waals surface area contributed by atoms with Gasteiger partial charge in [0, 0.05) is 24.5 Å². The molecule has 156 valence electrons. The first-order valence-electron chi connectivity index (χ1n) is 9.45. The van der Waals surface area contributed by atoms with Crippen molar-refractivity contribution >= 4 is 56.7 Å². The van der Waals surface area contributed by atoms with E-state index in [0.29, 0.717) is 10.8 Å². The molecule has 3 heterocycles. The van der Waals surface area contributed by atoms with Crippen LogP contribution in [0.1, 0.15) is 33.0 Å². The van der Waals surface area contributed by atoms with Crippen LogP contribution in [0.5, 0.6) is 0 Å². The molecular formula is C20H21N5O3S2. The Bertz CT molecular complexity index is 1060. The third-order valence-corrected chi connectivity index (χ3v) is 6.53. The number of piperidine rings is 1. The average molecular weight is 444 g/mol. The lowest BCUT2D eigenvalue weighted by Crippen LogP contribution is -2.40. The van der Waals surface area contributed by atoms with E-state index in [1.807, 2.05) is 24.3 Å². The topological polar surface area (TPSA) is 121 Å². The highest BCUT2D eigenvalue weighted by Gasteiger charge is 2.20. The number of hydrogen-bond donors (Lipinski definition) is 4. The van der Waals surface area contributed by atoms with Crippen molar-refractivity contribution in [3.05, 3.63) is 51.7 Å². The molecule has 4 rings (SSSR count). The quantitative estimate of drug-likeness (QED) is 0.457. The molecule has 1 saturated heterocycles. The second-order valence-electron chi connectivity index (χ2n) is 6.93. The molecule has 1 amide bonds. The third kappa shape index (κ3) is 4.45. The summed E-state index contributed by atoms with van der Waals surface area (Å²) in [6.07, 6.45) is 1.84. The first kappa shape index (κ1) is 20.3. The van der Waals surface area contributed by atoms with E-state index in [1.54, 1.807) is 16.8 Å². The summed E-state index contributed by atoms with van der Waals surface area (Å²) in [5.74, 6) is -1.32. The van der Waals surface area contributed by atoms with E-state index in [0.717, 1.165) is 48.6 Å². The van der Waals surface area contributed by atoms with E-state index in [9.17, 15) is 14.7 Å². The number of carbonyl (C=O) groups is 2. The predicted molar refractivity (Wildman–Crippen MR) is 120 cm³/mol. The third-order valence-electron chi connectivity index (χ3n) is 4.87. The highest BCUT2D eigenvalue weighted by atomic mass is 32.1. The first-order valence-corrected chi connectivity index (χ1v) is 11.2.